The molecule has 3 aliphatic rings. The van der Waals surface area contributed by atoms with Gasteiger partial charge in [-0.2, -0.15) is 18.4 Å². The van der Waals surface area contributed by atoms with Gasteiger partial charge in [-0.15, -0.1) is 0 Å². The van der Waals surface area contributed by atoms with E-state index in [9.17, 15) is 37.6 Å². The molecular weight excluding hydrogens is 786 g/mol. The van der Waals surface area contributed by atoms with Gasteiger partial charge in [0.15, 0.2) is 5.11 Å². The van der Waals surface area contributed by atoms with Crippen molar-refractivity contribution in [2.75, 3.05) is 53.2 Å². The van der Waals surface area contributed by atoms with Gasteiger partial charge >= 0.3 is 6.18 Å². The molecule has 0 aromatic heterocycles. The number of anilines is 4. The highest BCUT2D eigenvalue weighted by atomic mass is 32.1. The van der Waals surface area contributed by atoms with Crippen molar-refractivity contribution in [1.82, 2.24) is 15.1 Å². The van der Waals surface area contributed by atoms with Crippen molar-refractivity contribution < 1.29 is 37.1 Å². The van der Waals surface area contributed by atoms with E-state index in [1.807, 2.05) is 24.8 Å². The summed E-state index contributed by atoms with van der Waals surface area (Å²) >= 11 is 5.71. The predicted molar refractivity (Wildman–Crippen MR) is 221 cm³/mol. The van der Waals surface area contributed by atoms with Gasteiger partial charge in [-0.25, -0.2) is 0 Å². The summed E-state index contributed by atoms with van der Waals surface area (Å²) in [6.45, 7) is 14.3. The van der Waals surface area contributed by atoms with Crippen molar-refractivity contribution in [3.05, 3.63) is 89.6 Å². The largest absolute Gasteiger partial charge is 0.492 e. The van der Waals surface area contributed by atoms with E-state index < -0.39 is 34.8 Å². The second-order valence-corrected chi connectivity index (χ2v) is 15.5. The molecule has 3 fully saturated rings. The summed E-state index contributed by atoms with van der Waals surface area (Å²) < 4.78 is 47.6. The average Bonchev–Trinajstić information content (AvgIpc) is 3.37. The van der Waals surface area contributed by atoms with Crippen LogP contribution in [0.5, 0.6) is 5.75 Å². The minimum absolute atomic E-state index is 0.00974. The molecule has 0 spiro atoms. The van der Waals surface area contributed by atoms with E-state index >= 15 is 0 Å². The fraction of sp³-hybridized carbons (Fsp3) is 0.381. The standard InChI is InChI=1S/C42H45F3N8O5S/c1-6-27-20-32(53-40(59)52(39(57)41(53,4)5)31-11-10-28(23-46)33(22-31)42(43,44)45)12-14-35(27)58-19-18-50-16-17-51(25(2)24-50)26(3)37(55)48-30-9-7-8-29(21-30)47-34-13-15-36(54)49-38(34)56/h7-12,14,20-22,25,34,47H,3,6,13,15-19,24H2,1-2,4-5H3,(H,48,55)(H,49,54,56)/t25-,34-/m0/s1. The van der Waals surface area contributed by atoms with Crippen molar-refractivity contribution in [3.63, 3.8) is 0 Å². The molecule has 0 bridgehead atoms. The van der Waals surface area contributed by atoms with Crippen molar-refractivity contribution in [2.24, 2.45) is 0 Å². The molecule has 3 aliphatic heterocycles. The number of carbonyl (C=O) groups excluding carboxylic acids is 4. The first-order valence-corrected chi connectivity index (χ1v) is 19.6. The summed E-state index contributed by atoms with van der Waals surface area (Å²) in [5.74, 6) is -0.884. The number of nitrogens with one attached hydrogen (secondary N) is 3. The number of benzene rings is 3. The van der Waals surface area contributed by atoms with Crippen LogP contribution in [0.15, 0.2) is 72.9 Å². The number of alkyl halides is 3. The maximum absolute atomic E-state index is 13.8. The molecule has 0 saturated carbocycles. The number of nitriles is 1. The molecule has 310 valence electrons. The van der Waals surface area contributed by atoms with E-state index in [-0.39, 0.29) is 41.0 Å². The normalized spacial score (nSPS) is 19.7. The van der Waals surface area contributed by atoms with Crippen LogP contribution in [0.2, 0.25) is 0 Å². The first kappa shape index (κ1) is 42.6. The third-order valence-corrected chi connectivity index (χ3v) is 11.1. The van der Waals surface area contributed by atoms with Gasteiger partial charge in [0.05, 0.1) is 28.6 Å². The molecule has 3 aromatic carbocycles. The lowest BCUT2D eigenvalue weighted by Crippen LogP contribution is -2.53. The zero-order valence-corrected chi connectivity index (χ0v) is 33.9. The number of piperazine rings is 1. The maximum atomic E-state index is 13.8. The van der Waals surface area contributed by atoms with Crippen LogP contribution < -0.4 is 30.5 Å². The second-order valence-electron chi connectivity index (χ2n) is 15.1. The Morgan fingerprint density at radius 3 is 2.47 bits per heavy atom. The zero-order chi connectivity index (χ0) is 42.8. The Labute approximate surface area is 345 Å². The lowest BCUT2D eigenvalue weighted by molar-refractivity contribution is -0.138. The van der Waals surface area contributed by atoms with E-state index in [0.29, 0.717) is 74.1 Å². The van der Waals surface area contributed by atoms with E-state index in [1.54, 1.807) is 61.2 Å². The number of amides is 4. The molecule has 3 aromatic rings. The summed E-state index contributed by atoms with van der Waals surface area (Å²) in [5, 5.41) is 17.6. The molecule has 0 radical (unpaired) electrons. The third-order valence-electron chi connectivity index (χ3n) is 10.7. The molecule has 59 heavy (non-hydrogen) atoms. The van der Waals surface area contributed by atoms with Crippen molar-refractivity contribution in [3.8, 4) is 11.8 Å². The van der Waals surface area contributed by atoms with Gasteiger partial charge in [0.25, 0.3) is 11.8 Å². The third kappa shape index (κ3) is 9.03. The summed E-state index contributed by atoms with van der Waals surface area (Å²) in [6.07, 6.45) is -3.58. The number of ether oxygens (including phenoxy) is 1. The van der Waals surface area contributed by atoms with E-state index in [2.05, 4.69) is 27.4 Å². The fourth-order valence-corrected chi connectivity index (χ4v) is 8.08. The van der Waals surface area contributed by atoms with Gasteiger partial charge in [0.1, 0.15) is 23.9 Å². The number of hydrogen-bond donors (Lipinski definition) is 3. The number of carbonyl (C=O) groups is 4. The lowest BCUT2D eigenvalue weighted by Gasteiger charge is -2.41. The quantitative estimate of drug-likeness (QED) is 0.115. The van der Waals surface area contributed by atoms with Crippen molar-refractivity contribution >= 4 is 63.7 Å². The minimum Gasteiger partial charge on any atom is -0.492 e. The molecule has 6 rings (SSSR count). The number of hydrogen-bond acceptors (Lipinski definition) is 10. The van der Waals surface area contributed by atoms with Gasteiger partial charge in [-0.3, -0.25) is 34.3 Å². The monoisotopic (exact) mass is 830 g/mol. The Hall–Kier alpha value is -5.99. The van der Waals surface area contributed by atoms with Gasteiger partial charge in [-0.05, 0) is 106 Å². The maximum Gasteiger partial charge on any atom is 0.417 e. The molecule has 0 aliphatic carbocycles. The van der Waals surface area contributed by atoms with E-state index in [4.69, 9.17) is 17.0 Å². The van der Waals surface area contributed by atoms with Crippen LogP contribution in [0.4, 0.5) is 35.9 Å². The number of rotatable bonds is 12. The van der Waals surface area contributed by atoms with Crippen LogP contribution in [0.25, 0.3) is 0 Å². The first-order valence-electron chi connectivity index (χ1n) is 19.2. The molecule has 4 amide bonds. The number of aryl methyl sites for hydroxylation is 1. The highest BCUT2D eigenvalue weighted by Crippen LogP contribution is 2.40. The Bertz CT molecular complexity index is 2240. The van der Waals surface area contributed by atoms with Crippen LogP contribution in [0, 0.1) is 11.3 Å². The smallest absolute Gasteiger partial charge is 0.417 e. The Morgan fingerprint density at radius 2 is 1.80 bits per heavy atom. The summed E-state index contributed by atoms with van der Waals surface area (Å²) in [7, 11) is 0. The SMILES string of the molecule is C=C(C(=O)Nc1cccc(N[C@H]2CCC(=O)NC2=O)c1)N1CCN(CCOc2ccc(N3C(=S)N(c4ccc(C#N)c(C(F)(F)F)c4)C(=O)C3(C)C)cc2CC)C[C@@H]1C. The summed E-state index contributed by atoms with van der Waals surface area (Å²) in [5.41, 5.74) is -0.0869. The van der Waals surface area contributed by atoms with Gasteiger partial charge in [0.2, 0.25) is 11.8 Å². The number of nitrogens with zero attached hydrogens (tertiary/aromatic N) is 5. The van der Waals surface area contributed by atoms with Gasteiger partial charge < -0.3 is 25.2 Å². The molecule has 13 nitrogen and oxygen atoms in total. The number of thiocarbonyl (C=S) groups is 1. The van der Waals surface area contributed by atoms with Crippen LogP contribution in [-0.4, -0.2) is 88.9 Å². The number of imide groups is 1. The minimum atomic E-state index is -4.80. The van der Waals surface area contributed by atoms with Crippen LogP contribution in [0.3, 0.4) is 0 Å². The molecule has 3 saturated heterocycles. The lowest BCUT2D eigenvalue weighted by atomic mass is 10.0. The van der Waals surface area contributed by atoms with E-state index in [1.165, 1.54) is 6.07 Å². The van der Waals surface area contributed by atoms with Crippen LogP contribution >= 0.6 is 12.2 Å². The molecule has 17 heteroatoms. The molecular formula is C42H45F3N8O5S. The summed E-state index contributed by atoms with van der Waals surface area (Å²) in [4.78, 5) is 57.5. The number of piperidine rings is 1. The van der Waals surface area contributed by atoms with Crippen molar-refractivity contribution in [1.29, 1.82) is 5.26 Å². The highest BCUT2D eigenvalue weighted by Gasteiger charge is 2.51. The average molecular weight is 831 g/mol. The molecule has 3 N–H and O–H groups in total. The fourth-order valence-electron chi connectivity index (χ4n) is 7.56. The Morgan fingerprint density at radius 1 is 1.07 bits per heavy atom. The molecule has 3 heterocycles. The Balaban J connectivity index is 1.03. The van der Waals surface area contributed by atoms with Crippen LogP contribution in [-0.2, 0) is 31.8 Å². The van der Waals surface area contributed by atoms with E-state index in [0.717, 1.165) is 22.6 Å². The molecule has 2 atom stereocenters. The topological polar surface area (TPSA) is 150 Å². The number of halogens is 3. The van der Waals surface area contributed by atoms with Crippen molar-refractivity contribution in [2.45, 2.75) is 70.8 Å². The van der Waals surface area contributed by atoms with Gasteiger partial charge in [0, 0.05) is 55.7 Å². The second kappa shape index (κ2) is 17.1. The summed E-state index contributed by atoms with van der Waals surface area (Å²) in [6, 6.07) is 16.5. The zero-order valence-electron chi connectivity index (χ0n) is 33.1. The predicted octanol–water partition coefficient (Wildman–Crippen LogP) is 5.81. The first-order chi connectivity index (χ1) is 27.9. The highest BCUT2D eigenvalue weighted by molar-refractivity contribution is 7.81. The van der Waals surface area contributed by atoms with Crippen LogP contribution in [0.1, 0.15) is 57.2 Å². The molecule has 0 unspecified atom stereocenters. The van der Waals surface area contributed by atoms with Gasteiger partial charge in [-0.1, -0.05) is 19.6 Å². The Kier molecular flexibility index (Phi) is 12.3.